The molecule has 376 valence electrons. The minimum Gasteiger partial charge on any atom is -0.452 e. The van der Waals surface area contributed by atoms with Gasteiger partial charge in [0.2, 0.25) is 0 Å². The van der Waals surface area contributed by atoms with Crippen LogP contribution >= 0.6 is 0 Å². The van der Waals surface area contributed by atoms with Gasteiger partial charge in [-0.25, -0.2) is 28.8 Å². The summed E-state index contributed by atoms with van der Waals surface area (Å²) in [4.78, 5) is 84.3. The Balaban J connectivity index is 1.19. The van der Waals surface area contributed by atoms with Crippen molar-refractivity contribution in [2.24, 2.45) is 5.41 Å². The number of hydrogen-bond acceptors (Lipinski definition) is 15. The molecular weight excluding hydrogens is 937 g/mol. The quantitative estimate of drug-likeness (QED) is 0.0701. The Labute approximate surface area is 422 Å². The molecule has 0 aliphatic carbocycles. The number of esters is 6. The lowest BCUT2D eigenvalue weighted by Gasteiger charge is -2.49. The van der Waals surface area contributed by atoms with Crippen molar-refractivity contribution in [3.05, 3.63) is 215 Å². The highest BCUT2D eigenvalue weighted by atomic mass is 16.7. The Morgan fingerprint density at radius 2 is 0.644 bits per heavy atom. The van der Waals surface area contributed by atoms with Gasteiger partial charge in [-0.2, -0.15) is 0 Å². The molecule has 2 aliphatic heterocycles. The fourth-order valence-electron chi connectivity index (χ4n) is 8.46. The van der Waals surface area contributed by atoms with Gasteiger partial charge in [0.15, 0.2) is 42.9 Å². The Hall–Kier alpha value is -7.98. The Bertz CT molecular complexity index is 2810. The monoisotopic (exact) mass is 990 g/mol. The van der Waals surface area contributed by atoms with Crippen molar-refractivity contribution in [2.45, 2.75) is 88.9 Å². The first-order valence-corrected chi connectivity index (χ1v) is 23.7. The second-order valence-electron chi connectivity index (χ2n) is 18.4. The molecule has 6 aromatic rings. The van der Waals surface area contributed by atoms with Crippen molar-refractivity contribution in [2.75, 3.05) is 6.61 Å². The predicted octanol–water partition coefficient (Wildman–Crippen LogP) is 8.91. The fraction of sp³-hybridized carbons (Fsp3) is 0.276. The third kappa shape index (κ3) is 12.7. The lowest BCUT2D eigenvalue weighted by atomic mass is 9.79. The molecular formula is C58H54O15. The van der Waals surface area contributed by atoms with E-state index in [1.807, 2.05) is 20.8 Å². The molecule has 0 N–H and O–H groups in total. The summed E-state index contributed by atoms with van der Waals surface area (Å²) in [7, 11) is 0. The van der Waals surface area contributed by atoms with Crippen LogP contribution in [0.2, 0.25) is 0 Å². The maximum absolute atomic E-state index is 14.2. The fourth-order valence-corrected chi connectivity index (χ4v) is 8.46. The number of benzene rings is 6. The number of ether oxygens (including phenoxy) is 9. The second-order valence-corrected chi connectivity index (χ2v) is 18.4. The zero-order chi connectivity index (χ0) is 51.5. The number of hydrogen-bond donors (Lipinski definition) is 0. The highest BCUT2D eigenvalue weighted by Crippen LogP contribution is 2.39. The lowest BCUT2D eigenvalue weighted by Crippen LogP contribution is -2.66. The molecule has 15 heteroatoms. The van der Waals surface area contributed by atoms with Crippen LogP contribution in [0.3, 0.4) is 0 Å². The van der Waals surface area contributed by atoms with Gasteiger partial charge in [0, 0.05) is 0 Å². The van der Waals surface area contributed by atoms with E-state index in [1.165, 1.54) is 36.4 Å². The van der Waals surface area contributed by atoms with Crippen LogP contribution in [0.1, 0.15) is 89.8 Å². The first-order valence-electron chi connectivity index (χ1n) is 23.7. The van der Waals surface area contributed by atoms with Crippen LogP contribution in [0.5, 0.6) is 0 Å². The van der Waals surface area contributed by atoms with Crippen LogP contribution in [-0.2, 0) is 42.6 Å². The van der Waals surface area contributed by atoms with Crippen molar-refractivity contribution < 1.29 is 71.4 Å². The summed E-state index contributed by atoms with van der Waals surface area (Å²) >= 11 is 0. The molecule has 2 saturated heterocycles. The smallest absolute Gasteiger partial charge is 0.338 e. The van der Waals surface area contributed by atoms with Crippen LogP contribution < -0.4 is 0 Å². The molecule has 0 radical (unpaired) electrons. The van der Waals surface area contributed by atoms with Gasteiger partial charge in [-0.15, -0.1) is 0 Å². The van der Waals surface area contributed by atoms with Crippen molar-refractivity contribution in [1.29, 1.82) is 0 Å². The summed E-state index contributed by atoms with van der Waals surface area (Å²) in [6.07, 6.45) is -14.2. The Morgan fingerprint density at radius 3 is 0.973 bits per heavy atom. The first-order chi connectivity index (χ1) is 35.2. The normalized spacial score (nSPS) is 23.7. The largest absolute Gasteiger partial charge is 0.452 e. The Kier molecular flexibility index (Phi) is 16.5. The predicted molar refractivity (Wildman–Crippen MR) is 262 cm³/mol. The van der Waals surface area contributed by atoms with E-state index in [0.29, 0.717) is 0 Å². The molecule has 0 amide bonds. The number of carbonyl (C=O) groups is 6. The van der Waals surface area contributed by atoms with Gasteiger partial charge in [-0.05, 0) is 85.1 Å². The maximum atomic E-state index is 14.2. The zero-order valence-electron chi connectivity index (χ0n) is 40.4. The third-order valence-corrected chi connectivity index (χ3v) is 12.2. The molecule has 0 spiro atoms. The molecule has 0 bridgehead atoms. The van der Waals surface area contributed by atoms with Crippen LogP contribution in [0.4, 0.5) is 0 Å². The second kappa shape index (κ2) is 23.5. The summed E-state index contributed by atoms with van der Waals surface area (Å²) in [6, 6.07) is 48.6. The van der Waals surface area contributed by atoms with Crippen LogP contribution in [0.25, 0.3) is 0 Å². The van der Waals surface area contributed by atoms with E-state index < -0.39 is 109 Å². The summed E-state index contributed by atoms with van der Waals surface area (Å²) < 4.78 is 57.2. The van der Waals surface area contributed by atoms with E-state index in [1.54, 1.807) is 153 Å². The van der Waals surface area contributed by atoms with Crippen molar-refractivity contribution in [1.82, 2.24) is 0 Å². The van der Waals surface area contributed by atoms with E-state index in [2.05, 4.69) is 0 Å². The SMILES string of the molecule is C[C@H]1O[C@@H](OC[C@H]2O[C@@H](C(C)(C)C)[C@H](OC(=O)c3ccccc3)[C@@H](OC(=O)c3ccccc3)[C@@H]2OC(=O)c2ccccc2)[C@H](OC(=O)c2ccccc2)[C@@H](OC(=O)c2ccccc2)[C@@H]1OC(=O)c1ccccc1. The molecule has 2 fully saturated rings. The van der Waals surface area contributed by atoms with Gasteiger partial charge in [0.1, 0.15) is 12.2 Å². The highest BCUT2D eigenvalue weighted by Gasteiger charge is 2.57. The lowest BCUT2D eigenvalue weighted by molar-refractivity contribution is -0.309. The maximum Gasteiger partial charge on any atom is 0.338 e. The summed E-state index contributed by atoms with van der Waals surface area (Å²) in [6.45, 7) is 6.53. The molecule has 0 unspecified atom stereocenters. The Morgan fingerprint density at radius 1 is 0.370 bits per heavy atom. The minimum absolute atomic E-state index is 0.126. The van der Waals surface area contributed by atoms with E-state index >= 15 is 0 Å². The molecule has 8 rings (SSSR count). The summed E-state index contributed by atoms with van der Waals surface area (Å²) in [5.74, 6) is -4.90. The standard InChI is InChI=1S/C58H54O15/c1-36-44(68-51(59)37-23-11-5-12-24-37)46(70-53(61)39-27-15-7-16-28-39)49(73-56(64)42-33-21-10-22-34-42)57(66-36)65-35-43-45(69-52(60)38-25-13-6-14-26-38)47(71-54(62)40-29-17-8-18-30-40)48(50(67-43)58(2,3)4)72-55(63)41-31-19-9-20-32-41/h5-34,36,43-50,57H,35H2,1-4H3/t36-,43-,44-,45-,46+,47+,48-,49-,50-,57-/m1/s1. The summed E-state index contributed by atoms with van der Waals surface area (Å²) in [5.41, 5.74) is 0.0772. The zero-order valence-corrected chi connectivity index (χ0v) is 40.4. The van der Waals surface area contributed by atoms with E-state index in [4.69, 9.17) is 42.6 Å². The van der Waals surface area contributed by atoms with E-state index in [0.717, 1.165) is 0 Å². The van der Waals surface area contributed by atoms with Crippen LogP contribution in [0, 0.1) is 5.41 Å². The third-order valence-electron chi connectivity index (χ3n) is 12.2. The molecule has 0 aromatic heterocycles. The number of rotatable bonds is 15. The van der Waals surface area contributed by atoms with Gasteiger partial charge >= 0.3 is 35.8 Å². The van der Waals surface area contributed by atoms with Crippen LogP contribution in [-0.4, -0.2) is 104 Å². The minimum atomic E-state index is -1.65. The molecule has 15 nitrogen and oxygen atoms in total. The van der Waals surface area contributed by atoms with Gasteiger partial charge in [-0.3, -0.25) is 0 Å². The van der Waals surface area contributed by atoms with Crippen molar-refractivity contribution in [3.8, 4) is 0 Å². The van der Waals surface area contributed by atoms with Crippen LogP contribution in [0.15, 0.2) is 182 Å². The van der Waals surface area contributed by atoms with Crippen molar-refractivity contribution in [3.63, 3.8) is 0 Å². The van der Waals surface area contributed by atoms with E-state index in [-0.39, 0.29) is 33.4 Å². The highest BCUT2D eigenvalue weighted by molar-refractivity contribution is 5.92. The first kappa shape index (κ1) is 51.4. The molecule has 6 aromatic carbocycles. The van der Waals surface area contributed by atoms with E-state index in [9.17, 15) is 28.8 Å². The van der Waals surface area contributed by atoms with Gasteiger partial charge in [-0.1, -0.05) is 130 Å². The molecule has 73 heavy (non-hydrogen) atoms. The molecule has 10 atom stereocenters. The summed E-state index contributed by atoms with van der Waals surface area (Å²) in [5, 5.41) is 0. The molecule has 2 heterocycles. The topological polar surface area (TPSA) is 185 Å². The average molecular weight is 991 g/mol. The average Bonchev–Trinajstić information content (AvgIpc) is 3.42. The number of carbonyl (C=O) groups excluding carboxylic acids is 6. The van der Waals surface area contributed by atoms with Crippen molar-refractivity contribution >= 4 is 35.8 Å². The van der Waals surface area contributed by atoms with Gasteiger partial charge in [0.05, 0.1) is 46.1 Å². The molecule has 2 aliphatic rings. The molecule has 0 saturated carbocycles. The van der Waals surface area contributed by atoms with Gasteiger partial charge < -0.3 is 42.6 Å². The van der Waals surface area contributed by atoms with Gasteiger partial charge in [0.25, 0.3) is 0 Å².